The van der Waals surface area contributed by atoms with Crippen molar-refractivity contribution in [3.05, 3.63) is 23.7 Å². The van der Waals surface area contributed by atoms with Crippen LogP contribution in [0.4, 0.5) is 0 Å². The van der Waals surface area contributed by atoms with Crippen LogP contribution in [0, 0.1) is 6.92 Å². The topological polar surface area (TPSA) is 26.0 Å². The Hall–Kier alpha value is -0.310. The summed E-state index contributed by atoms with van der Waals surface area (Å²) < 4.78 is 5.40. The van der Waals surface area contributed by atoms with Gasteiger partial charge in [0.05, 0.1) is 6.20 Å². The van der Waals surface area contributed by atoms with E-state index in [1.807, 2.05) is 0 Å². The van der Waals surface area contributed by atoms with Crippen molar-refractivity contribution in [1.29, 1.82) is 0 Å². The molecular formula is C4H3BrNO. The molecule has 37 valence electrons. The van der Waals surface area contributed by atoms with E-state index in [9.17, 15) is 0 Å². The molecule has 1 rings (SSSR count). The van der Waals surface area contributed by atoms with Gasteiger partial charge in [-0.1, -0.05) is 0 Å². The maximum atomic E-state index is 4.78. The van der Waals surface area contributed by atoms with Crippen molar-refractivity contribution in [3.63, 3.8) is 0 Å². The standard InChI is InChI=1S/C4H3BrNO/c1-3-6-2-4(5)7-3/h2H,1H2. The molecule has 0 amide bonds. The van der Waals surface area contributed by atoms with Crippen molar-refractivity contribution < 1.29 is 4.42 Å². The second kappa shape index (κ2) is 1.66. The normalized spacial score (nSPS) is 9.43. The van der Waals surface area contributed by atoms with Crippen LogP contribution in [0.3, 0.4) is 0 Å². The molecule has 0 aromatic carbocycles. The molecular weight excluding hydrogens is 158 g/mol. The quantitative estimate of drug-likeness (QED) is 0.577. The molecule has 0 N–H and O–H groups in total. The molecule has 1 aromatic rings. The molecule has 0 aliphatic carbocycles. The maximum absolute atomic E-state index is 4.78. The molecule has 2 nitrogen and oxygen atoms in total. The molecule has 0 aliphatic heterocycles. The van der Waals surface area contributed by atoms with Crippen LogP contribution in [0.1, 0.15) is 5.89 Å². The lowest BCUT2D eigenvalue weighted by Gasteiger charge is -1.71. The van der Waals surface area contributed by atoms with E-state index in [2.05, 4.69) is 27.8 Å². The fraction of sp³-hybridized carbons (Fsp3) is 0. The lowest BCUT2D eigenvalue weighted by atomic mass is 10.8. The molecule has 0 saturated heterocycles. The van der Waals surface area contributed by atoms with E-state index >= 15 is 0 Å². The summed E-state index contributed by atoms with van der Waals surface area (Å²) in [5.41, 5.74) is 0. The highest BCUT2D eigenvalue weighted by Crippen LogP contribution is 2.08. The van der Waals surface area contributed by atoms with Crippen molar-refractivity contribution in [2.75, 3.05) is 0 Å². The predicted molar refractivity (Wildman–Crippen MR) is 28.7 cm³/mol. The van der Waals surface area contributed by atoms with Gasteiger partial charge in [-0.2, -0.15) is 0 Å². The Morgan fingerprint density at radius 3 is 2.71 bits per heavy atom. The van der Waals surface area contributed by atoms with Gasteiger partial charge in [-0.3, -0.25) is 0 Å². The number of rotatable bonds is 0. The average Bonchev–Trinajstić information content (AvgIpc) is 1.87. The van der Waals surface area contributed by atoms with Crippen LogP contribution < -0.4 is 0 Å². The molecule has 0 unspecified atom stereocenters. The zero-order valence-electron chi connectivity index (χ0n) is 3.52. The smallest absolute Gasteiger partial charge is 0.196 e. The van der Waals surface area contributed by atoms with Crippen LogP contribution in [0.5, 0.6) is 0 Å². The SMILES string of the molecule is [CH2]c1ncc(Br)o1. The van der Waals surface area contributed by atoms with Crippen molar-refractivity contribution in [3.8, 4) is 0 Å². The number of nitrogens with zero attached hydrogens (tertiary/aromatic N) is 1. The van der Waals surface area contributed by atoms with Crippen LogP contribution in [-0.2, 0) is 0 Å². The van der Waals surface area contributed by atoms with E-state index < -0.39 is 0 Å². The molecule has 1 aromatic heterocycles. The second-order valence-electron chi connectivity index (χ2n) is 1.06. The highest BCUT2D eigenvalue weighted by Gasteiger charge is 1.89. The molecule has 0 atom stereocenters. The first-order valence-electron chi connectivity index (χ1n) is 1.72. The molecule has 1 radical (unpaired) electrons. The summed E-state index contributed by atoms with van der Waals surface area (Å²) >= 11 is 3.06. The van der Waals surface area contributed by atoms with Crippen molar-refractivity contribution in [2.24, 2.45) is 0 Å². The van der Waals surface area contributed by atoms with Gasteiger partial charge in [0, 0.05) is 6.92 Å². The number of halogens is 1. The van der Waals surface area contributed by atoms with Crippen molar-refractivity contribution >= 4 is 15.9 Å². The first-order chi connectivity index (χ1) is 3.29. The number of oxazole rings is 1. The molecule has 0 aliphatic rings. The highest BCUT2D eigenvalue weighted by molar-refractivity contribution is 9.10. The lowest BCUT2D eigenvalue weighted by Crippen LogP contribution is -1.59. The van der Waals surface area contributed by atoms with E-state index in [1.165, 1.54) is 0 Å². The highest BCUT2D eigenvalue weighted by atomic mass is 79.9. The third-order valence-corrected chi connectivity index (χ3v) is 0.892. The Labute approximate surface area is 49.7 Å². The Morgan fingerprint density at radius 1 is 1.86 bits per heavy atom. The van der Waals surface area contributed by atoms with Gasteiger partial charge in [-0.25, -0.2) is 4.98 Å². The molecule has 0 spiro atoms. The molecule has 1 heterocycles. The van der Waals surface area contributed by atoms with Crippen LogP contribution >= 0.6 is 15.9 Å². The monoisotopic (exact) mass is 160 g/mol. The van der Waals surface area contributed by atoms with Gasteiger partial charge in [0.2, 0.25) is 0 Å². The Balaban J connectivity index is 3.04. The fourth-order valence-electron chi connectivity index (χ4n) is 0.288. The summed E-state index contributed by atoms with van der Waals surface area (Å²) in [6, 6.07) is 0. The summed E-state index contributed by atoms with van der Waals surface area (Å²) in [6.45, 7) is 3.43. The van der Waals surface area contributed by atoms with E-state index in [1.54, 1.807) is 6.20 Å². The number of hydrogen-bond donors (Lipinski definition) is 0. The van der Waals surface area contributed by atoms with Gasteiger partial charge in [-0.15, -0.1) is 0 Å². The summed E-state index contributed by atoms with van der Waals surface area (Å²) in [7, 11) is 0. The zero-order chi connectivity index (χ0) is 5.28. The lowest BCUT2D eigenvalue weighted by molar-refractivity contribution is 0.514. The van der Waals surface area contributed by atoms with Gasteiger partial charge < -0.3 is 4.42 Å². The molecule has 0 saturated carbocycles. The second-order valence-corrected chi connectivity index (χ2v) is 1.84. The largest absolute Gasteiger partial charge is 0.434 e. The maximum Gasteiger partial charge on any atom is 0.196 e. The van der Waals surface area contributed by atoms with Crippen molar-refractivity contribution in [1.82, 2.24) is 4.98 Å². The number of aromatic nitrogens is 1. The van der Waals surface area contributed by atoms with Gasteiger partial charge in [0.25, 0.3) is 0 Å². The Bertz CT molecular complexity index is 144. The van der Waals surface area contributed by atoms with Gasteiger partial charge in [0.15, 0.2) is 10.6 Å². The van der Waals surface area contributed by atoms with Crippen LogP contribution in [0.2, 0.25) is 0 Å². The van der Waals surface area contributed by atoms with E-state index in [0.717, 1.165) is 0 Å². The molecule has 0 fully saturated rings. The Morgan fingerprint density at radius 2 is 2.57 bits per heavy atom. The Kier molecular flexibility index (Phi) is 1.15. The fourth-order valence-corrected chi connectivity index (χ4v) is 0.577. The molecule has 0 bridgehead atoms. The average molecular weight is 161 g/mol. The first-order valence-corrected chi connectivity index (χ1v) is 2.51. The summed E-state index contributed by atoms with van der Waals surface area (Å²) in [5, 5.41) is 0. The minimum atomic E-state index is 0.437. The van der Waals surface area contributed by atoms with Gasteiger partial charge >= 0.3 is 0 Å². The van der Waals surface area contributed by atoms with Crippen LogP contribution in [0.25, 0.3) is 0 Å². The van der Waals surface area contributed by atoms with Crippen molar-refractivity contribution in [2.45, 2.75) is 0 Å². The summed E-state index contributed by atoms with van der Waals surface area (Å²) in [6.07, 6.45) is 1.56. The number of hydrogen-bond acceptors (Lipinski definition) is 2. The van der Waals surface area contributed by atoms with Crippen LogP contribution in [-0.4, -0.2) is 4.98 Å². The van der Waals surface area contributed by atoms with E-state index in [4.69, 9.17) is 4.42 Å². The zero-order valence-corrected chi connectivity index (χ0v) is 5.10. The first kappa shape index (κ1) is 4.84. The van der Waals surface area contributed by atoms with E-state index in [-0.39, 0.29) is 0 Å². The van der Waals surface area contributed by atoms with Gasteiger partial charge in [0.1, 0.15) is 0 Å². The third kappa shape index (κ3) is 1.03. The minimum absolute atomic E-state index is 0.437. The minimum Gasteiger partial charge on any atom is -0.434 e. The molecule has 7 heavy (non-hydrogen) atoms. The summed E-state index contributed by atoms with van der Waals surface area (Å²) in [5.74, 6) is 0.437. The van der Waals surface area contributed by atoms with Crippen LogP contribution in [0.15, 0.2) is 15.3 Å². The summed E-state index contributed by atoms with van der Waals surface area (Å²) in [4.78, 5) is 3.69. The third-order valence-electron chi connectivity index (χ3n) is 0.525. The van der Waals surface area contributed by atoms with Gasteiger partial charge in [-0.05, 0) is 15.9 Å². The predicted octanol–water partition coefficient (Wildman–Crippen LogP) is 1.62. The molecule has 3 heteroatoms. The van der Waals surface area contributed by atoms with E-state index in [0.29, 0.717) is 10.6 Å².